The fourth-order valence-electron chi connectivity index (χ4n) is 3.37. The first-order valence-corrected chi connectivity index (χ1v) is 8.00. The number of amides is 1. The molecule has 1 N–H and O–H groups in total. The van der Waals surface area contributed by atoms with Crippen molar-refractivity contribution in [1.29, 1.82) is 0 Å². The van der Waals surface area contributed by atoms with Crippen molar-refractivity contribution in [3.63, 3.8) is 0 Å². The van der Waals surface area contributed by atoms with E-state index < -0.39 is 0 Å². The van der Waals surface area contributed by atoms with Gasteiger partial charge in [-0.25, -0.2) is 0 Å². The molecule has 0 saturated carbocycles. The molecular formula is C15H17N3OS. The minimum Gasteiger partial charge on any atom is -0.351 e. The number of nitrogens with zero attached hydrogens (tertiary/aromatic N) is 2. The molecule has 2 aliphatic rings. The molecule has 2 saturated heterocycles. The quantitative estimate of drug-likeness (QED) is 0.934. The van der Waals surface area contributed by atoms with E-state index in [-0.39, 0.29) is 5.91 Å². The predicted molar refractivity (Wildman–Crippen MR) is 79.8 cm³/mol. The molecule has 4 nitrogen and oxygen atoms in total. The molecule has 5 heteroatoms. The Balaban J connectivity index is 1.41. The molecule has 2 aromatic heterocycles. The van der Waals surface area contributed by atoms with Crippen LogP contribution in [-0.2, 0) is 11.2 Å². The van der Waals surface area contributed by atoms with E-state index in [4.69, 9.17) is 0 Å². The van der Waals surface area contributed by atoms with Gasteiger partial charge >= 0.3 is 0 Å². The first-order valence-electron chi connectivity index (χ1n) is 7.12. The second-order valence-corrected chi connectivity index (χ2v) is 6.75. The highest BCUT2D eigenvalue weighted by atomic mass is 32.1. The van der Waals surface area contributed by atoms with Crippen LogP contribution in [0.2, 0.25) is 0 Å². The van der Waals surface area contributed by atoms with Crippen LogP contribution in [0.15, 0.2) is 23.7 Å². The summed E-state index contributed by atoms with van der Waals surface area (Å²) in [7, 11) is 0. The normalized spacial score (nSPS) is 28.1. The number of thiophene rings is 1. The van der Waals surface area contributed by atoms with Crippen molar-refractivity contribution in [2.24, 2.45) is 5.92 Å². The lowest BCUT2D eigenvalue weighted by atomic mass is 10.00. The molecule has 1 amide bonds. The maximum absolute atomic E-state index is 12.2. The molecule has 0 radical (unpaired) electrons. The van der Waals surface area contributed by atoms with Crippen LogP contribution in [0.1, 0.15) is 12.0 Å². The van der Waals surface area contributed by atoms with E-state index in [2.05, 4.69) is 21.3 Å². The second kappa shape index (κ2) is 4.82. The molecule has 0 aromatic carbocycles. The lowest BCUT2D eigenvalue weighted by molar-refractivity contribution is -0.121. The largest absolute Gasteiger partial charge is 0.351 e. The molecule has 3 atom stereocenters. The molecule has 0 aliphatic carbocycles. The fraction of sp³-hybridized carbons (Fsp3) is 0.467. The number of rotatable bonds is 3. The van der Waals surface area contributed by atoms with E-state index in [1.807, 2.05) is 17.6 Å². The summed E-state index contributed by atoms with van der Waals surface area (Å²) >= 11 is 1.67. The van der Waals surface area contributed by atoms with Gasteiger partial charge in [-0.2, -0.15) is 0 Å². The van der Waals surface area contributed by atoms with Crippen LogP contribution in [0, 0.1) is 5.92 Å². The lowest BCUT2D eigenvalue weighted by Crippen LogP contribution is -2.43. The van der Waals surface area contributed by atoms with Crippen LogP contribution in [0.5, 0.6) is 0 Å². The van der Waals surface area contributed by atoms with Crippen LogP contribution in [-0.4, -0.2) is 41.5 Å². The summed E-state index contributed by atoms with van der Waals surface area (Å²) in [6.45, 7) is 3.39. The minimum absolute atomic E-state index is 0.126. The van der Waals surface area contributed by atoms with E-state index >= 15 is 0 Å². The average molecular weight is 287 g/mol. The highest BCUT2D eigenvalue weighted by molar-refractivity contribution is 7.17. The van der Waals surface area contributed by atoms with E-state index in [1.165, 1.54) is 13.0 Å². The van der Waals surface area contributed by atoms with Crippen LogP contribution in [0.25, 0.3) is 10.2 Å². The molecule has 2 aromatic rings. The third kappa shape index (κ3) is 2.21. The Hall–Kier alpha value is -1.46. The van der Waals surface area contributed by atoms with Gasteiger partial charge in [0.15, 0.2) is 0 Å². The Morgan fingerprint density at radius 3 is 3.25 bits per heavy atom. The number of fused-ring (bicyclic) bond motifs is 3. The molecule has 104 valence electrons. The summed E-state index contributed by atoms with van der Waals surface area (Å²) in [5, 5.41) is 5.23. The van der Waals surface area contributed by atoms with Crippen molar-refractivity contribution in [1.82, 2.24) is 15.2 Å². The highest BCUT2D eigenvalue weighted by Gasteiger charge is 2.38. The van der Waals surface area contributed by atoms with Gasteiger partial charge in [0.05, 0.1) is 16.6 Å². The van der Waals surface area contributed by atoms with Crippen molar-refractivity contribution in [2.45, 2.75) is 18.9 Å². The van der Waals surface area contributed by atoms with E-state index in [0.29, 0.717) is 18.4 Å². The first-order chi connectivity index (χ1) is 9.78. The summed E-state index contributed by atoms with van der Waals surface area (Å²) in [5.74, 6) is 0.790. The van der Waals surface area contributed by atoms with Gasteiger partial charge in [0.1, 0.15) is 0 Å². The van der Waals surface area contributed by atoms with Gasteiger partial charge < -0.3 is 10.2 Å². The maximum atomic E-state index is 12.2. The SMILES string of the molecule is O=C(Cc1cnc2ccsc2c1)NC1CN2CCC1C2. The molecular weight excluding hydrogens is 270 g/mol. The molecule has 4 rings (SSSR count). The smallest absolute Gasteiger partial charge is 0.224 e. The summed E-state index contributed by atoms with van der Waals surface area (Å²) in [4.78, 5) is 19.0. The average Bonchev–Trinajstić information content (AvgIpc) is 3.13. The van der Waals surface area contributed by atoms with Crippen LogP contribution >= 0.6 is 11.3 Å². The zero-order chi connectivity index (χ0) is 13.5. The van der Waals surface area contributed by atoms with Crippen molar-refractivity contribution in [3.8, 4) is 0 Å². The zero-order valence-corrected chi connectivity index (χ0v) is 12.0. The minimum atomic E-state index is 0.126. The zero-order valence-electron chi connectivity index (χ0n) is 11.2. The van der Waals surface area contributed by atoms with Crippen LogP contribution in [0.3, 0.4) is 0 Å². The molecule has 3 unspecified atom stereocenters. The number of carbonyl (C=O) groups is 1. The first kappa shape index (κ1) is 12.3. The molecule has 20 heavy (non-hydrogen) atoms. The number of aromatic nitrogens is 1. The van der Waals surface area contributed by atoms with Gasteiger partial charge in [-0.15, -0.1) is 11.3 Å². The van der Waals surface area contributed by atoms with E-state index in [1.54, 1.807) is 11.3 Å². The third-order valence-corrected chi connectivity index (χ3v) is 5.26. The van der Waals surface area contributed by atoms with Crippen molar-refractivity contribution < 1.29 is 4.79 Å². The Morgan fingerprint density at radius 1 is 1.50 bits per heavy atom. The lowest BCUT2D eigenvalue weighted by Gasteiger charge is -2.23. The van der Waals surface area contributed by atoms with Gasteiger partial charge in [-0.1, -0.05) is 0 Å². The molecule has 2 bridgehead atoms. The summed E-state index contributed by atoms with van der Waals surface area (Å²) in [6.07, 6.45) is 3.48. The van der Waals surface area contributed by atoms with E-state index in [0.717, 1.165) is 28.9 Å². The number of hydrogen-bond acceptors (Lipinski definition) is 4. The Kier molecular flexibility index (Phi) is 2.97. The standard InChI is InChI=1S/C15H17N3OS/c19-15(17-13-9-18-3-1-11(13)8-18)6-10-5-14-12(16-7-10)2-4-20-14/h2,4-5,7,11,13H,1,3,6,8-9H2,(H,17,19). The highest BCUT2D eigenvalue weighted by Crippen LogP contribution is 2.27. The molecule has 2 fully saturated rings. The monoisotopic (exact) mass is 287 g/mol. The van der Waals surface area contributed by atoms with Crippen molar-refractivity contribution in [2.75, 3.05) is 19.6 Å². The molecule has 0 spiro atoms. The second-order valence-electron chi connectivity index (χ2n) is 5.81. The number of hydrogen-bond donors (Lipinski definition) is 1. The van der Waals surface area contributed by atoms with E-state index in [9.17, 15) is 4.79 Å². The van der Waals surface area contributed by atoms with Crippen molar-refractivity contribution >= 4 is 27.5 Å². The molecule has 2 aliphatic heterocycles. The number of pyridine rings is 1. The topological polar surface area (TPSA) is 45.2 Å². The predicted octanol–water partition coefficient (Wildman–Crippen LogP) is 1.66. The van der Waals surface area contributed by atoms with Gasteiger partial charge in [-0.05, 0) is 42.0 Å². The number of carbonyl (C=O) groups excluding carboxylic acids is 1. The number of piperidine rings is 1. The van der Waals surface area contributed by atoms with Gasteiger partial charge in [-0.3, -0.25) is 9.78 Å². The van der Waals surface area contributed by atoms with Gasteiger partial charge in [0.25, 0.3) is 0 Å². The summed E-state index contributed by atoms with van der Waals surface area (Å²) in [5.41, 5.74) is 2.01. The molecule has 4 heterocycles. The van der Waals surface area contributed by atoms with Crippen molar-refractivity contribution in [3.05, 3.63) is 29.3 Å². The van der Waals surface area contributed by atoms with Crippen LogP contribution < -0.4 is 5.32 Å². The Bertz CT molecular complexity index is 653. The maximum Gasteiger partial charge on any atom is 0.224 e. The number of nitrogens with one attached hydrogen (secondary N) is 1. The summed E-state index contributed by atoms with van der Waals surface area (Å²) < 4.78 is 1.15. The van der Waals surface area contributed by atoms with Crippen LogP contribution in [0.4, 0.5) is 0 Å². The van der Waals surface area contributed by atoms with Gasteiger partial charge in [0, 0.05) is 25.3 Å². The fourth-order valence-corrected chi connectivity index (χ4v) is 4.18. The summed E-state index contributed by atoms with van der Waals surface area (Å²) in [6, 6.07) is 4.44. The Labute approximate surface area is 121 Å². The third-order valence-electron chi connectivity index (χ3n) is 4.40. The Morgan fingerprint density at radius 2 is 2.45 bits per heavy atom. The van der Waals surface area contributed by atoms with Gasteiger partial charge in [0.2, 0.25) is 5.91 Å².